The Morgan fingerprint density at radius 2 is 2.33 bits per heavy atom. The monoisotopic (exact) mass is 286 g/mol. The van der Waals surface area contributed by atoms with Crippen LogP contribution in [0.5, 0.6) is 0 Å². The molecule has 1 aromatic carbocycles. The first-order valence-electron chi connectivity index (χ1n) is 7.30. The molecule has 2 rings (SSSR count). The largest absolute Gasteiger partial charge is 0.393 e. The standard InChI is InChI=1S/C17H22N2O2/c1-12-5-6-14(4-3-8-18)10-16(12)17(21)19-9-7-15(11-19)13(2)20/h5-6,10,13,15,20H,7-9,11,18H2,1-2H3. The number of nitrogens with zero attached hydrogens (tertiary/aromatic N) is 1. The van der Waals surface area contributed by atoms with Crippen molar-refractivity contribution >= 4 is 5.91 Å². The summed E-state index contributed by atoms with van der Waals surface area (Å²) >= 11 is 0. The lowest BCUT2D eigenvalue weighted by Gasteiger charge is -2.19. The number of amides is 1. The van der Waals surface area contributed by atoms with E-state index in [-0.39, 0.29) is 17.9 Å². The van der Waals surface area contributed by atoms with E-state index < -0.39 is 0 Å². The van der Waals surface area contributed by atoms with Crippen LogP contribution in [0, 0.1) is 24.7 Å². The number of benzene rings is 1. The molecule has 1 aliphatic rings. The highest BCUT2D eigenvalue weighted by molar-refractivity contribution is 5.96. The van der Waals surface area contributed by atoms with Crippen molar-refractivity contribution in [2.24, 2.45) is 11.7 Å². The van der Waals surface area contributed by atoms with Crippen LogP contribution in [0.25, 0.3) is 0 Å². The van der Waals surface area contributed by atoms with Crippen molar-refractivity contribution in [2.75, 3.05) is 19.6 Å². The van der Waals surface area contributed by atoms with Crippen molar-refractivity contribution in [3.05, 3.63) is 34.9 Å². The molecule has 0 radical (unpaired) electrons. The van der Waals surface area contributed by atoms with E-state index in [2.05, 4.69) is 11.8 Å². The fourth-order valence-electron chi connectivity index (χ4n) is 2.62. The highest BCUT2D eigenvalue weighted by atomic mass is 16.3. The van der Waals surface area contributed by atoms with Gasteiger partial charge in [0.2, 0.25) is 0 Å². The van der Waals surface area contributed by atoms with Crippen LogP contribution < -0.4 is 5.73 Å². The normalized spacial score (nSPS) is 19.0. The molecule has 4 heteroatoms. The minimum atomic E-state index is -0.370. The molecular weight excluding hydrogens is 264 g/mol. The van der Waals surface area contributed by atoms with Gasteiger partial charge in [-0.1, -0.05) is 17.9 Å². The highest BCUT2D eigenvalue weighted by Gasteiger charge is 2.30. The van der Waals surface area contributed by atoms with Crippen LogP contribution in [0.15, 0.2) is 18.2 Å². The van der Waals surface area contributed by atoms with E-state index in [0.717, 1.165) is 17.5 Å². The van der Waals surface area contributed by atoms with Crippen LogP contribution in [0.2, 0.25) is 0 Å². The van der Waals surface area contributed by atoms with Gasteiger partial charge < -0.3 is 15.7 Å². The Balaban J connectivity index is 2.19. The molecule has 1 saturated heterocycles. The zero-order valence-corrected chi connectivity index (χ0v) is 12.6. The van der Waals surface area contributed by atoms with Crippen molar-refractivity contribution in [1.82, 2.24) is 4.90 Å². The Kier molecular flexibility index (Phi) is 5.00. The summed E-state index contributed by atoms with van der Waals surface area (Å²) in [5.41, 5.74) is 7.81. The molecule has 0 spiro atoms. The zero-order chi connectivity index (χ0) is 15.4. The molecule has 0 aliphatic carbocycles. The van der Waals surface area contributed by atoms with E-state index in [0.29, 0.717) is 25.2 Å². The Morgan fingerprint density at radius 3 is 2.95 bits per heavy atom. The molecule has 112 valence electrons. The Morgan fingerprint density at radius 1 is 1.57 bits per heavy atom. The van der Waals surface area contributed by atoms with Crippen molar-refractivity contribution in [2.45, 2.75) is 26.4 Å². The molecule has 1 fully saturated rings. The second kappa shape index (κ2) is 6.75. The summed E-state index contributed by atoms with van der Waals surface area (Å²) in [6, 6.07) is 5.64. The average molecular weight is 286 g/mol. The molecule has 1 amide bonds. The lowest BCUT2D eigenvalue weighted by molar-refractivity contribution is 0.0761. The second-order valence-corrected chi connectivity index (χ2v) is 5.58. The smallest absolute Gasteiger partial charge is 0.254 e. The van der Waals surface area contributed by atoms with Gasteiger partial charge in [0, 0.05) is 30.1 Å². The van der Waals surface area contributed by atoms with Gasteiger partial charge in [0.1, 0.15) is 0 Å². The predicted molar refractivity (Wildman–Crippen MR) is 82.8 cm³/mol. The van der Waals surface area contributed by atoms with E-state index in [1.54, 1.807) is 6.92 Å². The van der Waals surface area contributed by atoms with Gasteiger partial charge >= 0.3 is 0 Å². The number of aryl methyl sites for hydroxylation is 1. The summed E-state index contributed by atoms with van der Waals surface area (Å²) in [6.45, 7) is 5.34. The molecule has 0 aromatic heterocycles. The number of carbonyl (C=O) groups is 1. The van der Waals surface area contributed by atoms with Gasteiger partial charge in [-0.3, -0.25) is 4.79 Å². The number of carbonyl (C=O) groups excluding carboxylic acids is 1. The third kappa shape index (κ3) is 3.63. The fraction of sp³-hybridized carbons (Fsp3) is 0.471. The lowest BCUT2D eigenvalue weighted by Crippen LogP contribution is -2.30. The van der Waals surface area contributed by atoms with Gasteiger partial charge in [-0.05, 0) is 38.0 Å². The lowest BCUT2D eigenvalue weighted by atomic mass is 10.0. The van der Waals surface area contributed by atoms with Crippen LogP contribution in [0.3, 0.4) is 0 Å². The number of hydrogen-bond donors (Lipinski definition) is 2. The number of nitrogens with two attached hydrogens (primary N) is 1. The van der Waals surface area contributed by atoms with Crippen molar-refractivity contribution in [1.29, 1.82) is 0 Å². The van der Waals surface area contributed by atoms with Gasteiger partial charge in [0.25, 0.3) is 5.91 Å². The van der Waals surface area contributed by atoms with E-state index in [1.807, 2.05) is 30.0 Å². The molecule has 2 unspecified atom stereocenters. The summed E-state index contributed by atoms with van der Waals surface area (Å²) in [4.78, 5) is 14.5. The summed E-state index contributed by atoms with van der Waals surface area (Å²) < 4.78 is 0. The van der Waals surface area contributed by atoms with E-state index >= 15 is 0 Å². The quantitative estimate of drug-likeness (QED) is 0.801. The maximum atomic E-state index is 12.6. The van der Waals surface area contributed by atoms with Crippen LogP contribution in [-0.4, -0.2) is 41.7 Å². The van der Waals surface area contributed by atoms with Crippen molar-refractivity contribution in [3.63, 3.8) is 0 Å². The summed E-state index contributed by atoms with van der Waals surface area (Å²) in [5.74, 6) is 5.96. The SMILES string of the molecule is Cc1ccc(C#CCN)cc1C(=O)N1CCC(C(C)O)C1. The van der Waals surface area contributed by atoms with Crippen molar-refractivity contribution < 1.29 is 9.90 Å². The minimum Gasteiger partial charge on any atom is -0.393 e. The molecular formula is C17H22N2O2. The Bertz CT molecular complexity index is 584. The summed E-state index contributed by atoms with van der Waals surface area (Å²) in [7, 11) is 0. The van der Waals surface area contributed by atoms with Crippen molar-refractivity contribution in [3.8, 4) is 11.8 Å². The maximum absolute atomic E-state index is 12.6. The first-order chi connectivity index (χ1) is 10.0. The Labute approximate surface area is 125 Å². The Hall–Kier alpha value is -1.83. The molecule has 3 N–H and O–H groups in total. The summed E-state index contributed by atoms with van der Waals surface area (Å²) in [5, 5.41) is 9.65. The first kappa shape index (κ1) is 15.6. The minimum absolute atomic E-state index is 0.0204. The topological polar surface area (TPSA) is 66.6 Å². The van der Waals surface area contributed by atoms with E-state index in [4.69, 9.17) is 5.73 Å². The molecule has 1 heterocycles. The molecule has 4 nitrogen and oxygen atoms in total. The van der Waals surface area contributed by atoms with E-state index in [1.165, 1.54) is 0 Å². The van der Waals surface area contributed by atoms with Crippen LogP contribution in [0.1, 0.15) is 34.8 Å². The van der Waals surface area contributed by atoms with Gasteiger partial charge in [0.15, 0.2) is 0 Å². The van der Waals surface area contributed by atoms with Gasteiger partial charge in [0.05, 0.1) is 12.6 Å². The third-order valence-corrected chi connectivity index (χ3v) is 4.00. The molecule has 2 atom stereocenters. The number of likely N-dealkylation sites (tertiary alicyclic amines) is 1. The van der Waals surface area contributed by atoms with E-state index in [9.17, 15) is 9.90 Å². The van der Waals surface area contributed by atoms with Crippen LogP contribution in [0.4, 0.5) is 0 Å². The van der Waals surface area contributed by atoms with Gasteiger partial charge in [-0.25, -0.2) is 0 Å². The molecule has 0 bridgehead atoms. The number of aliphatic hydroxyl groups excluding tert-OH is 1. The molecule has 1 aliphatic heterocycles. The second-order valence-electron chi connectivity index (χ2n) is 5.58. The van der Waals surface area contributed by atoms with Crippen LogP contribution in [-0.2, 0) is 0 Å². The first-order valence-corrected chi connectivity index (χ1v) is 7.30. The van der Waals surface area contributed by atoms with Gasteiger partial charge in [-0.2, -0.15) is 0 Å². The molecule has 0 saturated carbocycles. The summed E-state index contributed by atoms with van der Waals surface area (Å²) in [6.07, 6.45) is 0.487. The number of rotatable bonds is 2. The van der Waals surface area contributed by atoms with Crippen LogP contribution >= 0.6 is 0 Å². The zero-order valence-electron chi connectivity index (χ0n) is 12.6. The van der Waals surface area contributed by atoms with Gasteiger partial charge in [-0.15, -0.1) is 0 Å². The fourth-order valence-corrected chi connectivity index (χ4v) is 2.62. The maximum Gasteiger partial charge on any atom is 0.254 e. The number of hydrogen-bond acceptors (Lipinski definition) is 3. The molecule has 21 heavy (non-hydrogen) atoms. The predicted octanol–water partition coefficient (Wildman–Crippen LogP) is 1.15. The molecule has 1 aromatic rings. The number of aliphatic hydroxyl groups is 1. The highest BCUT2D eigenvalue weighted by Crippen LogP contribution is 2.23. The third-order valence-electron chi connectivity index (χ3n) is 4.00. The average Bonchev–Trinajstić information content (AvgIpc) is 2.95.